The molecule has 3 aromatic carbocycles. The Balaban J connectivity index is 1.54. The second-order valence-corrected chi connectivity index (χ2v) is 30.2. The van der Waals surface area contributed by atoms with Gasteiger partial charge in [0.05, 0.1) is 49.8 Å². The van der Waals surface area contributed by atoms with Crippen LogP contribution in [0.3, 0.4) is 0 Å². The number of carboxylic acid groups (broad SMARTS) is 1. The minimum atomic E-state index is -1.50. The Bertz CT molecular complexity index is 3570. The van der Waals surface area contributed by atoms with E-state index in [1.807, 2.05) is 38.1 Å². The van der Waals surface area contributed by atoms with Gasteiger partial charge in [0.2, 0.25) is 41.4 Å². The summed E-state index contributed by atoms with van der Waals surface area (Å²) in [6.45, 7) is 5.79. The topological polar surface area (TPSA) is 469 Å². The van der Waals surface area contributed by atoms with E-state index in [1.54, 1.807) is 48.7 Å². The summed E-state index contributed by atoms with van der Waals surface area (Å²) < 4.78 is 0. The number of aliphatic hydroxyl groups excluding tert-OH is 2. The number of hydrogen-bond acceptors (Lipinski definition) is 18. The summed E-state index contributed by atoms with van der Waals surface area (Å²) in [5.41, 5.74) is 19.9. The van der Waals surface area contributed by atoms with Crippen LogP contribution in [0.2, 0.25) is 0 Å². The first-order valence-electron chi connectivity index (χ1n) is 40.1. The number of aromatic hydroxyl groups is 1. The number of amides is 7. The van der Waals surface area contributed by atoms with E-state index >= 15 is 14.4 Å². The third kappa shape index (κ3) is 37.2. The lowest BCUT2D eigenvalue weighted by Gasteiger charge is -2.27. The number of ketones is 5. The number of carbonyl (C=O) groups is 13. The second kappa shape index (κ2) is 53.0. The number of rotatable bonds is 62. The lowest BCUT2D eigenvalue weighted by Crippen LogP contribution is -2.52. The number of Topliss-reactive ketones (excluding diaryl/α,β-unsaturated/α-hetero) is 5. The molecule has 0 saturated heterocycles. The van der Waals surface area contributed by atoms with Crippen molar-refractivity contribution >= 4 is 87.1 Å². The van der Waals surface area contributed by atoms with Crippen LogP contribution in [0, 0.1) is 35.5 Å². The molecular weight excluding hydrogens is 1420 g/mol. The van der Waals surface area contributed by atoms with Gasteiger partial charge in [-0.1, -0.05) is 165 Å². The van der Waals surface area contributed by atoms with E-state index in [9.17, 15) is 68.4 Å². The third-order valence-corrected chi connectivity index (χ3v) is 20.2. The number of carboxylic acids is 1. The predicted molar refractivity (Wildman–Crippen MR) is 424 cm³/mol. The molecule has 0 spiro atoms. The Morgan fingerprint density at radius 3 is 1.50 bits per heavy atom. The number of primary amides is 1. The van der Waals surface area contributed by atoms with E-state index in [4.69, 9.17) is 17.2 Å². The zero-order valence-corrected chi connectivity index (χ0v) is 65.7. The molecule has 1 aromatic heterocycles. The molecule has 0 bridgehead atoms. The fourth-order valence-corrected chi connectivity index (χ4v) is 13.7. The van der Waals surface area contributed by atoms with Crippen LogP contribution in [0.5, 0.6) is 5.75 Å². The maximum atomic E-state index is 15.1. The number of aromatic nitrogens is 1. The van der Waals surface area contributed by atoms with Crippen LogP contribution in [-0.4, -0.2) is 165 Å². The molecule has 4 aromatic rings. The number of aliphatic hydroxyl groups is 2. The van der Waals surface area contributed by atoms with E-state index in [-0.39, 0.29) is 75.6 Å². The number of fused-ring (bicyclic) bond motifs is 1. The molecule has 0 aliphatic carbocycles. The van der Waals surface area contributed by atoms with Gasteiger partial charge in [0, 0.05) is 85.7 Å². The summed E-state index contributed by atoms with van der Waals surface area (Å²) in [7, 11) is 0. The number of aromatic amines is 1. The molecule has 4 rings (SSSR count). The number of para-hydroxylation sites is 1. The van der Waals surface area contributed by atoms with Crippen molar-refractivity contribution < 1.29 is 82.8 Å². The summed E-state index contributed by atoms with van der Waals surface area (Å²) in [4.78, 5) is 184. The van der Waals surface area contributed by atoms with Crippen molar-refractivity contribution in [1.82, 2.24) is 36.9 Å². The lowest BCUT2D eigenvalue weighted by molar-refractivity contribution is -0.139. The number of H-pyrrole nitrogens is 1. The average Bonchev–Trinajstić information content (AvgIpc) is 1.71. The van der Waals surface area contributed by atoms with Gasteiger partial charge in [0.1, 0.15) is 11.8 Å². The molecule has 1 heterocycles. The predicted octanol–water partition coefficient (Wildman–Crippen LogP) is 7.46. The zero-order valence-electron chi connectivity index (χ0n) is 65.7. The normalized spacial score (nSPS) is 14.1. The molecule has 0 aliphatic rings. The van der Waals surface area contributed by atoms with Crippen LogP contribution in [0.1, 0.15) is 224 Å². The van der Waals surface area contributed by atoms with Gasteiger partial charge in [-0.25, -0.2) is 0 Å². The Morgan fingerprint density at radius 1 is 0.468 bits per heavy atom. The first-order valence-corrected chi connectivity index (χ1v) is 40.1. The van der Waals surface area contributed by atoms with Crippen LogP contribution in [-0.2, 0) is 81.6 Å². The van der Waals surface area contributed by atoms with Gasteiger partial charge in [-0.2, -0.15) is 0 Å². The summed E-state index contributed by atoms with van der Waals surface area (Å²) in [6, 6.07) is 16.5. The molecule has 27 nitrogen and oxygen atoms in total. The van der Waals surface area contributed by atoms with E-state index in [1.165, 1.54) is 70.4 Å². The van der Waals surface area contributed by atoms with E-state index in [0.717, 1.165) is 36.6 Å². The molecule has 10 atom stereocenters. The SMILES string of the molecule is CCCCCCCCCCCCCCCC(=O)NCC(=O)C[C@@H](CO)C(=O)N[C@@H](CCC(=O)O)C(=O)C[C@@H](CCCCN)C(=O)N[C@@H](CCCCN)C(=O)C[C@@H](Cc1ccc(O)cc1)C(=O)N[C@@H](CC(C)C)C(=O)C[C@@H](Cc1c[nH]c2ccccc12)C(=O)NCC(=O)C[C@@H](Cc1ccccc1)C(=O)N[C@H](C(N)=O)[C@@H](C)O. The average molecular weight is 1550 g/mol. The Hall–Kier alpha value is -9.05. The number of phenols is 1. The summed E-state index contributed by atoms with van der Waals surface area (Å²) >= 11 is 0. The molecular formula is C84H126N10O17. The fourth-order valence-electron chi connectivity index (χ4n) is 13.7. The van der Waals surface area contributed by atoms with Gasteiger partial charge in [-0.15, -0.1) is 0 Å². The quantitative estimate of drug-likeness (QED) is 0.0191. The fraction of sp³-hybridized carbons (Fsp3) is 0.607. The largest absolute Gasteiger partial charge is 0.508 e. The van der Waals surface area contributed by atoms with Crippen LogP contribution in [0.4, 0.5) is 0 Å². The molecule has 0 unspecified atom stereocenters. The number of carbonyl (C=O) groups excluding carboxylic acids is 12. The zero-order chi connectivity index (χ0) is 81.6. The molecule has 0 aliphatic heterocycles. The van der Waals surface area contributed by atoms with Crippen LogP contribution in [0.15, 0.2) is 85.1 Å². The first-order chi connectivity index (χ1) is 53.2. The van der Waals surface area contributed by atoms with Gasteiger partial charge in [-0.3, -0.25) is 62.3 Å². The number of phenolic OH excluding ortho intramolecular Hbond substituents is 1. The Kier molecular flexibility index (Phi) is 45.0. The molecule has 0 saturated carbocycles. The van der Waals surface area contributed by atoms with Crippen molar-refractivity contribution in [2.75, 3.05) is 32.8 Å². The minimum Gasteiger partial charge on any atom is -0.508 e. The highest BCUT2D eigenvalue weighted by molar-refractivity contribution is 5.99. The van der Waals surface area contributed by atoms with Gasteiger partial charge < -0.3 is 74.5 Å². The van der Waals surface area contributed by atoms with Crippen molar-refractivity contribution in [2.24, 2.45) is 52.7 Å². The van der Waals surface area contributed by atoms with Crippen molar-refractivity contribution in [2.45, 2.75) is 257 Å². The smallest absolute Gasteiger partial charge is 0.303 e. The number of nitrogens with one attached hydrogen (secondary N) is 7. The molecule has 17 N–H and O–H groups in total. The lowest BCUT2D eigenvalue weighted by atomic mass is 9.87. The van der Waals surface area contributed by atoms with Crippen LogP contribution in [0.25, 0.3) is 10.9 Å². The van der Waals surface area contributed by atoms with Crippen molar-refractivity contribution in [3.63, 3.8) is 0 Å². The van der Waals surface area contributed by atoms with Crippen molar-refractivity contribution in [1.29, 1.82) is 0 Å². The Morgan fingerprint density at radius 2 is 0.937 bits per heavy atom. The number of aliphatic carboxylic acids is 1. The molecule has 111 heavy (non-hydrogen) atoms. The molecule has 0 fully saturated rings. The highest BCUT2D eigenvalue weighted by Crippen LogP contribution is 2.27. The van der Waals surface area contributed by atoms with Gasteiger partial charge in [0.15, 0.2) is 28.9 Å². The minimum absolute atomic E-state index is 0.0121. The number of nitrogens with two attached hydrogens (primary N) is 3. The van der Waals surface area contributed by atoms with Gasteiger partial charge in [-0.05, 0) is 131 Å². The monoisotopic (exact) mass is 1550 g/mol. The molecule has 7 amide bonds. The van der Waals surface area contributed by atoms with Gasteiger partial charge in [0.25, 0.3) is 0 Å². The van der Waals surface area contributed by atoms with E-state index < -0.39 is 195 Å². The molecule has 0 radical (unpaired) electrons. The number of hydrogen-bond donors (Lipinski definition) is 14. The molecule has 614 valence electrons. The third-order valence-electron chi connectivity index (χ3n) is 20.2. The van der Waals surface area contributed by atoms with Crippen LogP contribution >= 0.6 is 0 Å². The summed E-state index contributed by atoms with van der Waals surface area (Å²) in [6.07, 6.45) is 13.6. The highest BCUT2D eigenvalue weighted by Gasteiger charge is 2.37. The second-order valence-electron chi connectivity index (χ2n) is 30.2. The first kappa shape index (κ1) is 94.3. The standard InChI is InChI=1S/C84H126N10O17/c1-5-6-7-8-9-10-11-12-13-14-15-16-20-33-76(103)89-52-67(99)47-64(54-95)84(111)92-71(38-39-77(104)105)73(100)48-59(29-23-25-40-85)81(108)91-70(32-24-26-41-86)74(101)49-61(44-58-34-36-65(97)37-35-58)82(109)93-72(42-55(2)3)75(102)50-62(45-63-51-88-69-31-22-21-30-68(63)69)80(107)90-53-66(98)46-60(43-57-27-18-17-19-28-57)83(110)94-78(56(4)96)79(87)106/h17-19,21-22,27-28,30-31,34-37,51,55-56,59-62,64,70-72,78,88,95-97H,5-16,20,23-26,29,32-33,38-50,52-54,85-86H2,1-4H3,(H2,87,106)(H,89,103)(H,90,107)(H,91,108)(H,92,111)(H,93,109)(H,94,110)(H,104,105)/t56-,59-,60-,61-,62-,64+,70+,71+,72+,78+/m1/s1. The molecule has 27 heteroatoms. The number of unbranched alkanes of at least 4 members (excludes halogenated alkanes) is 14. The summed E-state index contributed by atoms with van der Waals surface area (Å²) in [5, 5.41) is 57.3. The van der Waals surface area contributed by atoms with Crippen molar-refractivity contribution in [3.8, 4) is 5.75 Å². The Labute approximate surface area is 653 Å². The maximum Gasteiger partial charge on any atom is 0.303 e. The van der Waals surface area contributed by atoms with Crippen molar-refractivity contribution in [3.05, 3.63) is 102 Å². The highest BCUT2D eigenvalue weighted by atomic mass is 16.4. The van der Waals surface area contributed by atoms with Gasteiger partial charge >= 0.3 is 5.97 Å². The summed E-state index contributed by atoms with van der Waals surface area (Å²) in [5.74, 6) is -15.8. The van der Waals surface area contributed by atoms with E-state index in [2.05, 4.69) is 43.8 Å². The maximum absolute atomic E-state index is 15.1. The van der Waals surface area contributed by atoms with Crippen LogP contribution < -0.4 is 49.1 Å². The number of benzene rings is 3. The van der Waals surface area contributed by atoms with E-state index in [0.29, 0.717) is 48.8 Å².